The van der Waals surface area contributed by atoms with Gasteiger partial charge < -0.3 is 5.32 Å². The number of nitrogens with zero attached hydrogens (tertiary/aromatic N) is 2. The first kappa shape index (κ1) is 17.0. The summed E-state index contributed by atoms with van der Waals surface area (Å²) < 4.78 is 1.16. The second kappa shape index (κ2) is 6.01. The van der Waals surface area contributed by atoms with Gasteiger partial charge in [0.1, 0.15) is 11.6 Å². The summed E-state index contributed by atoms with van der Waals surface area (Å²) in [5, 5.41) is 3.24. The summed E-state index contributed by atoms with van der Waals surface area (Å²) in [6.45, 7) is 11.4. The lowest BCUT2D eigenvalue weighted by Gasteiger charge is -2.34. The van der Waals surface area contributed by atoms with E-state index in [2.05, 4.69) is 62.5 Å². The predicted octanol–water partition coefficient (Wildman–Crippen LogP) is 5.10. The Bertz CT molecular complexity index is 508. The molecule has 1 N–H and O–H groups in total. The monoisotopic (exact) mass is 401 g/mol. The highest BCUT2D eigenvalue weighted by molar-refractivity contribution is 14.1. The van der Waals surface area contributed by atoms with E-state index in [9.17, 15) is 0 Å². The van der Waals surface area contributed by atoms with Crippen molar-refractivity contribution >= 4 is 28.4 Å². The van der Waals surface area contributed by atoms with Gasteiger partial charge in [0, 0.05) is 18.4 Å². The van der Waals surface area contributed by atoms with Crippen molar-refractivity contribution in [1.82, 2.24) is 9.97 Å². The van der Waals surface area contributed by atoms with Crippen molar-refractivity contribution in [1.29, 1.82) is 0 Å². The van der Waals surface area contributed by atoms with Gasteiger partial charge in [0.2, 0.25) is 0 Å². The number of halogens is 1. The highest BCUT2D eigenvalue weighted by Gasteiger charge is 2.31. The third-order valence-electron chi connectivity index (χ3n) is 4.52. The molecular formula is C17H28IN3. The van der Waals surface area contributed by atoms with E-state index in [1.807, 2.05) is 7.05 Å². The van der Waals surface area contributed by atoms with Crippen LogP contribution in [0.1, 0.15) is 77.7 Å². The fourth-order valence-corrected chi connectivity index (χ4v) is 4.29. The summed E-state index contributed by atoms with van der Waals surface area (Å²) >= 11 is 2.37. The van der Waals surface area contributed by atoms with Gasteiger partial charge in [-0.1, -0.05) is 34.6 Å². The molecule has 0 spiro atoms. The van der Waals surface area contributed by atoms with Crippen molar-refractivity contribution < 1.29 is 0 Å². The van der Waals surface area contributed by atoms with Crippen LogP contribution in [0.4, 0.5) is 5.82 Å². The van der Waals surface area contributed by atoms with Crippen LogP contribution in [0.2, 0.25) is 0 Å². The van der Waals surface area contributed by atoms with Crippen molar-refractivity contribution in [3.05, 3.63) is 15.1 Å². The van der Waals surface area contributed by atoms with Gasteiger partial charge in [-0.3, -0.25) is 0 Å². The molecule has 118 valence electrons. The molecule has 0 aromatic carbocycles. The third-order valence-corrected chi connectivity index (χ3v) is 5.54. The Labute approximate surface area is 142 Å². The van der Waals surface area contributed by atoms with Gasteiger partial charge in [0.05, 0.1) is 9.26 Å². The Balaban J connectivity index is 2.37. The van der Waals surface area contributed by atoms with Crippen LogP contribution in [-0.4, -0.2) is 17.0 Å². The van der Waals surface area contributed by atoms with Crippen molar-refractivity contribution in [2.45, 2.75) is 71.6 Å². The second-order valence-electron chi connectivity index (χ2n) is 8.03. The fraction of sp³-hybridized carbons (Fsp3) is 0.765. The van der Waals surface area contributed by atoms with Gasteiger partial charge in [-0.2, -0.15) is 0 Å². The van der Waals surface area contributed by atoms with Crippen molar-refractivity contribution in [2.24, 2.45) is 5.41 Å². The van der Waals surface area contributed by atoms with Gasteiger partial charge >= 0.3 is 0 Å². The topological polar surface area (TPSA) is 37.8 Å². The first-order valence-corrected chi connectivity index (χ1v) is 8.97. The number of rotatable bonds is 2. The summed E-state index contributed by atoms with van der Waals surface area (Å²) in [6.07, 6.45) is 4.96. The number of nitrogens with one attached hydrogen (secondary N) is 1. The van der Waals surface area contributed by atoms with E-state index in [0.717, 1.165) is 15.2 Å². The Morgan fingerprint density at radius 3 is 2.19 bits per heavy atom. The third kappa shape index (κ3) is 3.88. The van der Waals surface area contributed by atoms with E-state index in [1.165, 1.54) is 31.4 Å². The zero-order valence-electron chi connectivity index (χ0n) is 14.2. The maximum absolute atomic E-state index is 4.96. The standard InChI is InChI=1S/C17H28IN3/c1-16(2,3)13-12(18)15(19-6)21-14(20-13)11-7-9-17(4,5)10-8-11/h11H,7-10H2,1-6H3,(H,19,20,21). The zero-order chi connectivity index (χ0) is 15.8. The van der Waals surface area contributed by atoms with E-state index in [1.54, 1.807) is 0 Å². The summed E-state index contributed by atoms with van der Waals surface area (Å²) in [6, 6.07) is 0. The lowest BCUT2D eigenvalue weighted by molar-refractivity contribution is 0.220. The van der Waals surface area contributed by atoms with Crippen LogP contribution in [-0.2, 0) is 5.41 Å². The van der Waals surface area contributed by atoms with Crippen LogP contribution < -0.4 is 5.32 Å². The summed E-state index contributed by atoms with van der Waals surface area (Å²) in [5.41, 5.74) is 1.70. The molecule has 0 unspecified atom stereocenters. The highest BCUT2D eigenvalue weighted by atomic mass is 127. The van der Waals surface area contributed by atoms with Crippen molar-refractivity contribution in [3.63, 3.8) is 0 Å². The maximum Gasteiger partial charge on any atom is 0.143 e. The van der Waals surface area contributed by atoms with Gasteiger partial charge in [0.15, 0.2) is 0 Å². The Morgan fingerprint density at radius 2 is 1.71 bits per heavy atom. The molecule has 1 aromatic heterocycles. The summed E-state index contributed by atoms with van der Waals surface area (Å²) in [4.78, 5) is 9.77. The van der Waals surface area contributed by atoms with Gasteiger partial charge in [-0.15, -0.1) is 0 Å². The number of anilines is 1. The number of aromatic nitrogens is 2. The molecule has 1 aromatic rings. The molecule has 1 fully saturated rings. The molecule has 3 nitrogen and oxygen atoms in total. The molecule has 1 aliphatic carbocycles. The average molecular weight is 401 g/mol. The molecule has 0 atom stereocenters. The molecule has 4 heteroatoms. The molecule has 0 bridgehead atoms. The van der Waals surface area contributed by atoms with E-state index in [4.69, 9.17) is 9.97 Å². The number of hydrogen-bond acceptors (Lipinski definition) is 3. The van der Waals surface area contributed by atoms with Gasteiger partial charge in [-0.05, 0) is 53.7 Å². The van der Waals surface area contributed by atoms with Gasteiger partial charge in [-0.25, -0.2) is 9.97 Å². The minimum Gasteiger partial charge on any atom is -0.372 e. The lowest BCUT2D eigenvalue weighted by atomic mass is 9.73. The normalized spacial score (nSPS) is 19.6. The van der Waals surface area contributed by atoms with E-state index in [0.29, 0.717) is 11.3 Å². The van der Waals surface area contributed by atoms with E-state index >= 15 is 0 Å². The molecular weight excluding hydrogens is 373 g/mol. The zero-order valence-corrected chi connectivity index (χ0v) is 16.3. The summed E-state index contributed by atoms with van der Waals surface area (Å²) in [7, 11) is 1.95. The van der Waals surface area contributed by atoms with Crippen LogP contribution in [0.25, 0.3) is 0 Å². The molecule has 0 amide bonds. The average Bonchev–Trinajstić information content (AvgIpc) is 2.38. The number of hydrogen-bond donors (Lipinski definition) is 1. The quantitative estimate of drug-likeness (QED) is 0.701. The van der Waals surface area contributed by atoms with Crippen LogP contribution in [0.3, 0.4) is 0 Å². The molecule has 1 aliphatic rings. The predicted molar refractivity (Wildman–Crippen MR) is 98.0 cm³/mol. The Kier molecular flexibility index (Phi) is 4.86. The first-order valence-electron chi connectivity index (χ1n) is 7.90. The SMILES string of the molecule is CNc1nc(C2CCC(C)(C)CC2)nc(C(C)(C)C)c1I. The minimum absolute atomic E-state index is 0.0494. The lowest BCUT2D eigenvalue weighted by Crippen LogP contribution is -2.24. The molecule has 0 saturated heterocycles. The molecule has 2 rings (SSSR count). The second-order valence-corrected chi connectivity index (χ2v) is 9.11. The fourth-order valence-electron chi connectivity index (χ4n) is 2.97. The molecule has 1 heterocycles. The van der Waals surface area contributed by atoms with Gasteiger partial charge in [0.25, 0.3) is 0 Å². The van der Waals surface area contributed by atoms with Crippen LogP contribution in [0, 0.1) is 8.99 Å². The van der Waals surface area contributed by atoms with Crippen molar-refractivity contribution in [2.75, 3.05) is 12.4 Å². The molecule has 1 saturated carbocycles. The minimum atomic E-state index is 0.0494. The van der Waals surface area contributed by atoms with Crippen LogP contribution in [0.5, 0.6) is 0 Å². The molecule has 0 radical (unpaired) electrons. The van der Waals surface area contributed by atoms with E-state index < -0.39 is 0 Å². The summed E-state index contributed by atoms with van der Waals surface area (Å²) in [5.74, 6) is 2.54. The smallest absolute Gasteiger partial charge is 0.143 e. The maximum atomic E-state index is 4.96. The largest absolute Gasteiger partial charge is 0.372 e. The van der Waals surface area contributed by atoms with Crippen LogP contribution >= 0.6 is 22.6 Å². The van der Waals surface area contributed by atoms with Crippen molar-refractivity contribution in [3.8, 4) is 0 Å². The van der Waals surface area contributed by atoms with E-state index in [-0.39, 0.29) is 5.41 Å². The Hall–Kier alpha value is -0.390. The first-order chi connectivity index (χ1) is 9.64. The highest BCUT2D eigenvalue weighted by Crippen LogP contribution is 2.42. The molecule has 0 aliphatic heterocycles. The van der Waals surface area contributed by atoms with Crippen LogP contribution in [0.15, 0.2) is 0 Å². The Morgan fingerprint density at radius 1 is 1.14 bits per heavy atom. The molecule has 21 heavy (non-hydrogen) atoms.